The van der Waals surface area contributed by atoms with Crippen molar-refractivity contribution >= 4 is 22.2 Å². The summed E-state index contributed by atoms with van der Waals surface area (Å²) in [5, 5.41) is 8.00. The third-order valence-electron chi connectivity index (χ3n) is 3.46. The van der Waals surface area contributed by atoms with Crippen molar-refractivity contribution in [1.82, 2.24) is 15.3 Å². The molecule has 0 aliphatic rings. The number of aryl methyl sites for hydroxylation is 1. The van der Waals surface area contributed by atoms with Gasteiger partial charge in [0.25, 0.3) is 0 Å². The largest absolute Gasteiger partial charge is 0.304 e. The lowest BCUT2D eigenvalue weighted by Crippen LogP contribution is -2.23. The van der Waals surface area contributed by atoms with Gasteiger partial charge < -0.3 is 5.32 Å². The second-order valence-corrected chi connectivity index (χ2v) is 6.03. The normalized spacial score (nSPS) is 12.7. The van der Waals surface area contributed by atoms with Gasteiger partial charge >= 0.3 is 0 Å². The number of fused-ring (bicyclic) bond motifs is 1. The predicted molar refractivity (Wildman–Crippen MR) is 88.7 cm³/mol. The average Bonchev–Trinajstić information content (AvgIpc) is 2.94. The van der Waals surface area contributed by atoms with Crippen LogP contribution in [-0.2, 0) is 0 Å². The van der Waals surface area contributed by atoms with E-state index in [0.29, 0.717) is 0 Å². The summed E-state index contributed by atoms with van der Waals surface area (Å²) in [5.41, 5.74) is 3.34. The number of pyridine rings is 1. The van der Waals surface area contributed by atoms with Gasteiger partial charge in [0.15, 0.2) is 0 Å². The van der Waals surface area contributed by atoms with Crippen LogP contribution in [0.3, 0.4) is 0 Å². The van der Waals surface area contributed by atoms with Gasteiger partial charge in [-0.05, 0) is 26.0 Å². The molecule has 0 saturated carbocycles. The number of hydrogen-bond acceptors (Lipinski definition) is 4. The van der Waals surface area contributed by atoms with Gasteiger partial charge in [0.2, 0.25) is 0 Å². The summed E-state index contributed by atoms with van der Waals surface area (Å²) in [4.78, 5) is 9.25. The van der Waals surface area contributed by atoms with Gasteiger partial charge in [0.1, 0.15) is 5.01 Å². The van der Waals surface area contributed by atoms with Crippen LogP contribution in [0.25, 0.3) is 10.9 Å². The standard InChI is InChI=1S/C17H19N3S/c1-3-9-18-16(17-20-12(2)11-21-17)14-8-4-6-13-7-5-10-19-15(13)14/h4-8,10-11,16,18H,3,9H2,1-2H3. The molecule has 108 valence electrons. The molecule has 0 fully saturated rings. The molecule has 1 atom stereocenters. The summed E-state index contributed by atoms with van der Waals surface area (Å²) in [5.74, 6) is 0. The fourth-order valence-corrected chi connectivity index (χ4v) is 3.37. The maximum atomic E-state index is 4.68. The van der Waals surface area contributed by atoms with E-state index in [1.807, 2.05) is 19.2 Å². The minimum atomic E-state index is 0.113. The quantitative estimate of drug-likeness (QED) is 0.771. The third-order valence-corrected chi connectivity index (χ3v) is 4.48. The molecule has 0 saturated heterocycles. The fourth-order valence-electron chi connectivity index (χ4n) is 2.48. The summed E-state index contributed by atoms with van der Waals surface area (Å²) >= 11 is 1.71. The predicted octanol–water partition coefficient (Wildman–Crippen LogP) is 4.09. The van der Waals surface area contributed by atoms with E-state index in [9.17, 15) is 0 Å². The first-order valence-corrected chi connectivity index (χ1v) is 8.16. The Bertz CT molecular complexity index is 730. The molecule has 0 aliphatic carbocycles. The molecule has 1 N–H and O–H groups in total. The van der Waals surface area contributed by atoms with Crippen LogP contribution >= 0.6 is 11.3 Å². The number of rotatable bonds is 5. The van der Waals surface area contributed by atoms with Crippen molar-refractivity contribution < 1.29 is 0 Å². The number of hydrogen-bond donors (Lipinski definition) is 1. The molecule has 0 spiro atoms. The molecule has 2 heterocycles. The Balaban J connectivity index is 2.09. The number of benzene rings is 1. The van der Waals surface area contributed by atoms with E-state index in [-0.39, 0.29) is 6.04 Å². The lowest BCUT2D eigenvalue weighted by atomic mass is 10.0. The monoisotopic (exact) mass is 297 g/mol. The van der Waals surface area contributed by atoms with Crippen molar-refractivity contribution in [3.63, 3.8) is 0 Å². The first-order valence-electron chi connectivity index (χ1n) is 7.28. The Kier molecular flexibility index (Phi) is 4.27. The SMILES string of the molecule is CCCNC(c1nc(C)cs1)c1cccc2cccnc12. The van der Waals surface area contributed by atoms with E-state index < -0.39 is 0 Å². The highest BCUT2D eigenvalue weighted by Gasteiger charge is 2.19. The molecular weight excluding hydrogens is 278 g/mol. The summed E-state index contributed by atoms with van der Waals surface area (Å²) in [6, 6.07) is 10.6. The third kappa shape index (κ3) is 2.96. The summed E-state index contributed by atoms with van der Waals surface area (Å²) < 4.78 is 0. The van der Waals surface area contributed by atoms with Crippen LogP contribution in [0.2, 0.25) is 0 Å². The van der Waals surface area contributed by atoms with E-state index >= 15 is 0 Å². The van der Waals surface area contributed by atoms with E-state index in [4.69, 9.17) is 0 Å². The molecular formula is C17H19N3S. The molecule has 3 aromatic rings. The van der Waals surface area contributed by atoms with Crippen LogP contribution in [0.5, 0.6) is 0 Å². The summed E-state index contributed by atoms with van der Waals surface area (Å²) in [6.07, 6.45) is 2.95. The molecule has 1 unspecified atom stereocenters. The van der Waals surface area contributed by atoms with Crippen LogP contribution in [-0.4, -0.2) is 16.5 Å². The number of thiazole rings is 1. The molecule has 0 aliphatic heterocycles. The molecule has 21 heavy (non-hydrogen) atoms. The van der Waals surface area contributed by atoms with Gasteiger partial charge in [0.05, 0.1) is 11.6 Å². The van der Waals surface area contributed by atoms with Crippen LogP contribution in [0, 0.1) is 6.92 Å². The molecule has 0 bridgehead atoms. The van der Waals surface area contributed by atoms with Crippen LogP contribution in [0.4, 0.5) is 0 Å². The van der Waals surface area contributed by atoms with Crippen molar-refractivity contribution in [1.29, 1.82) is 0 Å². The van der Waals surface area contributed by atoms with Crippen LogP contribution in [0.15, 0.2) is 41.9 Å². The molecule has 2 aromatic heterocycles. The highest BCUT2D eigenvalue weighted by Crippen LogP contribution is 2.29. The molecule has 1 aromatic carbocycles. The Morgan fingerprint density at radius 1 is 1.24 bits per heavy atom. The Hall–Kier alpha value is -1.78. The van der Waals surface area contributed by atoms with Crippen molar-refractivity contribution in [2.24, 2.45) is 0 Å². The Morgan fingerprint density at radius 2 is 2.10 bits per heavy atom. The Labute approximate surface area is 129 Å². The van der Waals surface area contributed by atoms with Gasteiger partial charge in [-0.3, -0.25) is 4.98 Å². The maximum Gasteiger partial charge on any atom is 0.114 e. The number of para-hydroxylation sites is 1. The molecule has 0 radical (unpaired) electrons. The first-order chi connectivity index (χ1) is 10.3. The lowest BCUT2D eigenvalue weighted by molar-refractivity contribution is 0.597. The van der Waals surface area contributed by atoms with E-state index in [0.717, 1.165) is 29.2 Å². The molecule has 0 amide bonds. The maximum absolute atomic E-state index is 4.68. The zero-order valence-corrected chi connectivity index (χ0v) is 13.2. The number of nitrogens with one attached hydrogen (secondary N) is 1. The minimum absolute atomic E-state index is 0.113. The zero-order valence-electron chi connectivity index (χ0n) is 12.3. The van der Waals surface area contributed by atoms with Crippen molar-refractivity contribution in [2.75, 3.05) is 6.54 Å². The number of aromatic nitrogens is 2. The van der Waals surface area contributed by atoms with Gasteiger partial charge in [-0.15, -0.1) is 11.3 Å². The van der Waals surface area contributed by atoms with E-state index in [1.54, 1.807) is 11.3 Å². The molecule has 3 nitrogen and oxygen atoms in total. The lowest BCUT2D eigenvalue weighted by Gasteiger charge is -2.18. The average molecular weight is 297 g/mol. The topological polar surface area (TPSA) is 37.8 Å². The number of nitrogens with zero attached hydrogens (tertiary/aromatic N) is 2. The molecule has 4 heteroatoms. The van der Waals surface area contributed by atoms with E-state index in [2.05, 4.69) is 51.9 Å². The van der Waals surface area contributed by atoms with Gasteiger partial charge in [-0.1, -0.05) is 31.2 Å². The highest BCUT2D eigenvalue weighted by molar-refractivity contribution is 7.09. The fraction of sp³-hybridized carbons (Fsp3) is 0.294. The zero-order chi connectivity index (χ0) is 14.7. The van der Waals surface area contributed by atoms with Gasteiger partial charge in [-0.2, -0.15) is 0 Å². The van der Waals surface area contributed by atoms with Gasteiger partial charge in [-0.25, -0.2) is 4.98 Å². The molecule has 3 rings (SSSR count). The van der Waals surface area contributed by atoms with E-state index in [1.165, 1.54) is 10.9 Å². The first kappa shape index (κ1) is 14.2. The second-order valence-electron chi connectivity index (χ2n) is 5.14. The van der Waals surface area contributed by atoms with Gasteiger partial charge in [0, 0.05) is 28.2 Å². The van der Waals surface area contributed by atoms with Crippen LogP contribution < -0.4 is 5.32 Å². The highest BCUT2D eigenvalue weighted by atomic mass is 32.1. The van der Waals surface area contributed by atoms with Crippen LogP contribution in [0.1, 0.15) is 35.7 Å². The van der Waals surface area contributed by atoms with Crippen molar-refractivity contribution in [3.05, 3.63) is 58.2 Å². The smallest absolute Gasteiger partial charge is 0.114 e. The van der Waals surface area contributed by atoms with Crippen molar-refractivity contribution in [2.45, 2.75) is 26.3 Å². The summed E-state index contributed by atoms with van der Waals surface area (Å²) in [6.45, 7) is 5.18. The van der Waals surface area contributed by atoms with Crippen molar-refractivity contribution in [3.8, 4) is 0 Å². The summed E-state index contributed by atoms with van der Waals surface area (Å²) in [7, 11) is 0. The second kappa shape index (κ2) is 6.33. The minimum Gasteiger partial charge on any atom is -0.304 e. The Morgan fingerprint density at radius 3 is 2.86 bits per heavy atom.